The van der Waals surface area contributed by atoms with Crippen LogP contribution in [0.15, 0.2) is 34.9 Å². The van der Waals surface area contributed by atoms with Crippen molar-refractivity contribution in [3.63, 3.8) is 0 Å². The summed E-state index contributed by atoms with van der Waals surface area (Å²) in [6.07, 6.45) is 1.40. The minimum absolute atomic E-state index is 0.00348. The monoisotopic (exact) mass is 365 g/mol. The number of carbonyl (C=O) groups excluding carboxylic acids is 1. The van der Waals surface area contributed by atoms with Crippen molar-refractivity contribution in [2.45, 2.75) is 13.5 Å². The standard InChI is InChI=1S/C17H13Cl2NO4/c1-9-3-4-10-12(18)7-13(19)16(15(10)20-9)24-8-14-11(5-6-23-14)17(21)22-2/h3-7H,8H2,1-2H3. The summed E-state index contributed by atoms with van der Waals surface area (Å²) in [6.45, 7) is 1.86. The van der Waals surface area contributed by atoms with Gasteiger partial charge in [-0.15, -0.1) is 0 Å². The minimum atomic E-state index is -0.497. The number of aromatic nitrogens is 1. The lowest BCUT2D eigenvalue weighted by atomic mass is 10.2. The van der Waals surface area contributed by atoms with E-state index in [0.29, 0.717) is 32.6 Å². The molecule has 0 bridgehead atoms. The molecule has 0 amide bonds. The number of hydrogen-bond acceptors (Lipinski definition) is 5. The van der Waals surface area contributed by atoms with Gasteiger partial charge in [-0.25, -0.2) is 9.78 Å². The largest absolute Gasteiger partial charge is 0.482 e. The predicted octanol–water partition coefficient (Wildman–Crippen LogP) is 4.81. The van der Waals surface area contributed by atoms with E-state index in [2.05, 4.69) is 4.98 Å². The molecule has 1 aromatic carbocycles. The summed E-state index contributed by atoms with van der Waals surface area (Å²) in [5, 5.41) is 1.55. The van der Waals surface area contributed by atoms with Crippen molar-refractivity contribution in [2.24, 2.45) is 0 Å². The average molecular weight is 366 g/mol. The van der Waals surface area contributed by atoms with E-state index >= 15 is 0 Å². The van der Waals surface area contributed by atoms with E-state index in [1.54, 1.807) is 6.07 Å². The number of nitrogens with zero attached hydrogens (tertiary/aromatic N) is 1. The average Bonchev–Trinajstić information content (AvgIpc) is 3.02. The third-order valence-electron chi connectivity index (χ3n) is 3.48. The number of fused-ring (bicyclic) bond motifs is 1. The smallest absolute Gasteiger partial charge is 0.341 e. The molecule has 0 fully saturated rings. The zero-order valence-electron chi connectivity index (χ0n) is 12.9. The first kappa shape index (κ1) is 16.6. The molecule has 0 unspecified atom stereocenters. The lowest BCUT2D eigenvalue weighted by Crippen LogP contribution is -2.06. The van der Waals surface area contributed by atoms with Crippen LogP contribution in [0.25, 0.3) is 10.9 Å². The number of halogens is 2. The van der Waals surface area contributed by atoms with Gasteiger partial charge in [0, 0.05) is 11.1 Å². The lowest BCUT2D eigenvalue weighted by Gasteiger charge is -2.12. The van der Waals surface area contributed by atoms with Gasteiger partial charge in [-0.1, -0.05) is 23.2 Å². The Morgan fingerprint density at radius 2 is 2.04 bits per heavy atom. The molecular formula is C17H13Cl2NO4. The summed E-state index contributed by atoms with van der Waals surface area (Å²) in [7, 11) is 1.30. The van der Waals surface area contributed by atoms with Gasteiger partial charge in [-0.2, -0.15) is 0 Å². The molecule has 0 spiro atoms. The van der Waals surface area contributed by atoms with Gasteiger partial charge in [0.05, 0.1) is 23.4 Å². The van der Waals surface area contributed by atoms with Crippen molar-refractivity contribution in [3.8, 4) is 5.75 Å². The second-order valence-corrected chi connectivity index (χ2v) is 5.87. The third-order valence-corrected chi connectivity index (χ3v) is 4.07. The second-order valence-electron chi connectivity index (χ2n) is 5.06. The summed E-state index contributed by atoms with van der Waals surface area (Å²) in [6, 6.07) is 6.83. The Labute approximate surface area is 148 Å². The number of hydrogen-bond donors (Lipinski definition) is 0. The van der Waals surface area contributed by atoms with Gasteiger partial charge < -0.3 is 13.9 Å². The number of carbonyl (C=O) groups is 1. The minimum Gasteiger partial charge on any atom is -0.482 e. The molecule has 2 heterocycles. The van der Waals surface area contributed by atoms with Gasteiger partial charge in [-0.05, 0) is 31.2 Å². The number of aryl methyl sites for hydroxylation is 1. The van der Waals surface area contributed by atoms with Crippen LogP contribution in [-0.2, 0) is 11.3 Å². The summed E-state index contributed by atoms with van der Waals surface area (Å²) >= 11 is 12.5. The molecule has 0 aliphatic carbocycles. The van der Waals surface area contributed by atoms with Gasteiger partial charge in [0.1, 0.15) is 17.7 Å². The Hall–Kier alpha value is -2.24. The highest BCUT2D eigenvalue weighted by atomic mass is 35.5. The van der Waals surface area contributed by atoms with Crippen molar-refractivity contribution in [1.82, 2.24) is 4.98 Å². The maximum Gasteiger partial charge on any atom is 0.341 e. The summed E-state index contributed by atoms with van der Waals surface area (Å²) in [5.74, 6) is 0.226. The fourth-order valence-corrected chi connectivity index (χ4v) is 2.88. The van der Waals surface area contributed by atoms with Crippen LogP contribution >= 0.6 is 23.2 Å². The van der Waals surface area contributed by atoms with Crippen LogP contribution in [0, 0.1) is 6.92 Å². The van der Waals surface area contributed by atoms with E-state index in [9.17, 15) is 4.79 Å². The van der Waals surface area contributed by atoms with Crippen molar-refractivity contribution >= 4 is 40.1 Å². The van der Waals surface area contributed by atoms with Crippen molar-refractivity contribution in [3.05, 3.63) is 57.6 Å². The highest BCUT2D eigenvalue weighted by Gasteiger charge is 2.18. The fraction of sp³-hybridized carbons (Fsp3) is 0.176. The Morgan fingerprint density at radius 3 is 2.79 bits per heavy atom. The van der Waals surface area contributed by atoms with Crippen LogP contribution in [0.4, 0.5) is 0 Å². The predicted molar refractivity (Wildman–Crippen MR) is 90.9 cm³/mol. The van der Waals surface area contributed by atoms with Crippen molar-refractivity contribution in [1.29, 1.82) is 0 Å². The topological polar surface area (TPSA) is 61.6 Å². The van der Waals surface area contributed by atoms with Crippen LogP contribution in [0.1, 0.15) is 21.8 Å². The van der Waals surface area contributed by atoms with E-state index in [4.69, 9.17) is 37.1 Å². The number of rotatable bonds is 4. The maximum atomic E-state index is 11.7. The first-order valence-electron chi connectivity index (χ1n) is 7.04. The second kappa shape index (κ2) is 6.71. The summed E-state index contributed by atoms with van der Waals surface area (Å²) in [4.78, 5) is 16.1. The number of benzene rings is 1. The van der Waals surface area contributed by atoms with Crippen LogP contribution in [-0.4, -0.2) is 18.1 Å². The molecular weight excluding hydrogens is 353 g/mol. The Balaban J connectivity index is 1.98. The molecule has 0 aliphatic heterocycles. The number of esters is 1. The lowest BCUT2D eigenvalue weighted by molar-refractivity contribution is 0.0595. The molecule has 124 valence electrons. The molecule has 0 N–H and O–H groups in total. The molecule has 7 heteroatoms. The molecule has 0 atom stereocenters. The number of methoxy groups -OCH3 is 1. The van der Waals surface area contributed by atoms with E-state index in [-0.39, 0.29) is 6.61 Å². The molecule has 3 rings (SSSR count). The van der Waals surface area contributed by atoms with Gasteiger partial charge in [0.25, 0.3) is 0 Å². The fourth-order valence-electron chi connectivity index (χ4n) is 2.31. The molecule has 3 aromatic rings. The van der Waals surface area contributed by atoms with Crippen LogP contribution in [0.2, 0.25) is 10.0 Å². The zero-order valence-corrected chi connectivity index (χ0v) is 14.4. The van der Waals surface area contributed by atoms with Crippen LogP contribution < -0.4 is 4.74 Å². The van der Waals surface area contributed by atoms with E-state index in [0.717, 1.165) is 11.1 Å². The van der Waals surface area contributed by atoms with E-state index in [1.807, 2.05) is 19.1 Å². The van der Waals surface area contributed by atoms with Crippen LogP contribution in [0.5, 0.6) is 5.75 Å². The van der Waals surface area contributed by atoms with Gasteiger partial charge >= 0.3 is 5.97 Å². The Bertz CT molecular complexity index is 920. The molecule has 24 heavy (non-hydrogen) atoms. The number of furan rings is 1. The molecule has 2 aromatic heterocycles. The first-order valence-corrected chi connectivity index (χ1v) is 7.79. The third kappa shape index (κ3) is 3.05. The zero-order chi connectivity index (χ0) is 17.3. The van der Waals surface area contributed by atoms with Crippen molar-refractivity contribution < 1.29 is 18.7 Å². The van der Waals surface area contributed by atoms with Crippen molar-refractivity contribution in [2.75, 3.05) is 7.11 Å². The number of pyridine rings is 1. The van der Waals surface area contributed by atoms with E-state index < -0.39 is 5.97 Å². The van der Waals surface area contributed by atoms with Gasteiger partial charge in [0.15, 0.2) is 11.5 Å². The number of ether oxygens (including phenoxy) is 2. The Kier molecular flexibility index (Phi) is 4.64. The quantitative estimate of drug-likeness (QED) is 0.620. The molecule has 5 nitrogen and oxygen atoms in total. The summed E-state index contributed by atoms with van der Waals surface area (Å²) < 4.78 is 15.8. The highest BCUT2D eigenvalue weighted by Crippen LogP contribution is 2.37. The van der Waals surface area contributed by atoms with Gasteiger partial charge in [0.2, 0.25) is 0 Å². The maximum absolute atomic E-state index is 11.7. The SMILES string of the molecule is COC(=O)c1ccoc1COc1c(Cl)cc(Cl)c2ccc(C)nc12. The molecule has 0 aliphatic rings. The molecule has 0 saturated carbocycles. The van der Waals surface area contributed by atoms with E-state index in [1.165, 1.54) is 19.4 Å². The highest BCUT2D eigenvalue weighted by molar-refractivity contribution is 6.39. The summed E-state index contributed by atoms with van der Waals surface area (Å²) in [5.41, 5.74) is 1.66. The normalized spacial score (nSPS) is 10.8. The molecule has 0 saturated heterocycles. The van der Waals surface area contributed by atoms with Crippen LogP contribution in [0.3, 0.4) is 0 Å². The Morgan fingerprint density at radius 1 is 1.25 bits per heavy atom. The van der Waals surface area contributed by atoms with Gasteiger partial charge in [-0.3, -0.25) is 0 Å². The first-order chi connectivity index (χ1) is 11.5. The molecule has 0 radical (unpaired) electrons.